The van der Waals surface area contributed by atoms with Crippen molar-refractivity contribution in [1.82, 2.24) is 0 Å². The molecule has 0 atom stereocenters. The van der Waals surface area contributed by atoms with Crippen LogP contribution in [0.2, 0.25) is 0 Å². The van der Waals surface area contributed by atoms with Crippen molar-refractivity contribution in [2.75, 3.05) is 0 Å². The van der Waals surface area contributed by atoms with Gasteiger partial charge in [-0.25, -0.2) is 0 Å². The maximum absolute atomic E-state index is 2.42. The predicted octanol–water partition coefficient (Wildman–Crippen LogP) is 28.8. The molecule has 0 bridgehead atoms. The number of aryl methyl sites for hydroxylation is 2. The maximum atomic E-state index is 2.42. The summed E-state index contributed by atoms with van der Waals surface area (Å²) in [5.41, 5.74) is 6.11. The molecule has 2 aromatic carbocycles. The van der Waals surface area contributed by atoms with E-state index >= 15 is 0 Å². The average molecular weight is 1140 g/mol. The number of hydrogen-bond acceptors (Lipinski definition) is 0. The zero-order valence-electron chi connectivity index (χ0n) is 56.4. The van der Waals surface area contributed by atoms with Crippen LogP contribution in [0.15, 0.2) is 48.5 Å². The predicted molar refractivity (Wildman–Crippen MR) is 380 cm³/mol. The molecular formula is C82H156. The van der Waals surface area contributed by atoms with Gasteiger partial charge in [0.25, 0.3) is 0 Å². The summed E-state index contributed by atoms with van der Waals surface area (Å²) in [6.07, 6.45) is 68.6. The van der Waals surface area contributed by atoms with Crippen LogP contribution in [0.3, 0.4) is 0 Å². The van der Waals surface area contributed by atoms with Crippen LogP contribution in [0.4, 0.5) is 0 Å². The largest absolute Gasteiger partial charge is 0.0654 e. The fourth-order valence-corrected chi connectivity index (χ4v) is 19.8. The molecule has 8 aliphatic carbocycles. The molecule has 0 saturated heterocycles. The smallest absolute Gasteiger partial charge is 0 e. The lowest BCUT2D eigenvalue weighted by atomic mass is 9.68. The number of benzene rings is 2. The van der Waals surface area contributed by atoms with Crippen LogP contribution >= 0.6 is 0 Å². The molecular weight excluding hydrogens is 985 g/mol. The van der Waals surface area contributed by atoms with Crippen LogP contribution in [0.25, 0.3) is 0 Å². The van der Waals surface area contributed by atoms with Gasteiger partial charge >= 0.3 is 0 Å². The van der Waals surface area contributed by atoms with Crippen LogP contribution in [-0.2, 0) is 6.42 Å². The third kappa shape index (κ3) is 22.9. The van der Waals surface area contributed by atoms with Gasteiger partial charge in [0.1, 0.15) is 0 Å². The van der Waals surface area contributed by atoms with Crippen molar-refractivity contribution in [1.29, 1.82) is 0 Å². The lowest BCUT2D eigenvalue weighted by Gasteiger charge is -2.38. The number of hydrogen-bond donors (Lipinski definition) is 0. The molecule has 0 amide bonds. The summed E-state index contributed by atoms with van der Waals surface area (Å²) in [6.45, 7) is 18.6. The van der Waals surface area contributed by atoms with E-state index in [4.69, 9.17) is 0 Å². The highest BCUT2D eigenvalue weighted by molar-refractivity contribution is 5.26. The highest BCUT2D eigenvalue weighted by Gasteiger charge is 2.35. The number of unbranched alkanes of at least 4 members (excludes halogenated alkanes) is 2. The molecule has 8 aliphatic rings. The Morgan fingerprint density at radius 2 is 0.537 bits per heavy atom. The molecule has 0 spiro atoms. The molecule has 0 aliphatic heterocycles. The molecule has 0 nitrogen and oxygen atoms in total. The van der Waals surface area contributed by atoms with Crippen LogP contribution in [0, 0.1) is 89.8 Å². The Labute approximate surface area is 525 Å². The van der Waals surface area contributed by atoms with Gasteiger partial charge in [0.15, 0.2) is 0 Å². The number of rotatable bonds is 20. The summed E-state index contributed by atoms with van der Waals surface area (Å²) in [7, 11) is 0. The minimum atomic E-state index is 0. The van der Waals surface area contributed by atoms with Crippen molar-refractivity contribution in [3.63, 3.8) is 0 Å². The first-order valence-electron chi connectivity index (χ1n) is 38.4. The van der Waals surface area contributed by atoms with Gasteiger partial charge in [-0.2, -0.15) is 0 Å². The van der Waals surface area contributed by atoms with E-state index in [1.165, 1.54) is 229 Å². The second-order valence-electron chi connectivity index (χ2n) is 31.0. The zero-order chi connectivity index (χ0) is 57.7. The monoisotopic (exact) mass is 1140 g/mol. The molecule has 10 rings (SSSR count). The first kappa shape index (κ1) is 67.9. The summed E-state index contributed by atoms with van der Waals surface area (Å²) in [4.78, 5) is 0. The molecule has 82 heavy (non-hydrogen) atoms. The molecule has 0 aromatic heterocycles. The Kier molecular flexibility index (Phi) is 32.0. The highest BCUT2D eigenvalue weighted by Crippen LogP contribution is 2.48. The van der Waals surface area contributed by atoms with Gasteiger partial charge < -0.3 is 0 Å². The topological polar surface area (TPSA) is 0 Å². The van der Waals surface area contributed by atoms with Gasteiger partial charge in [-0.05, 0) is 253 Å². The molecule has 0 N–H and O–H groups in total. The molecule has 0 heterocycles. The Morgan fingerprint density at radius 1 is 0.268 bits per heavy atom. The summed E-state index contributed by atoms with van der Waals surface area (Å²) in [5.74, 6) is 16.8. The fraction of sp³-hybridized carbons (Fsp3) is 0.854. The second kappa shape index (κ2) is 38.7. The Balaban J connectivity index is 0. The molecule has 0 unspecified atom stereocenters. The van der Waals surface area contributed by atoms with E-state index in [9.17, 15) is 0 Å². The van der Waals surface area contributed by atoms with E-state index in [-0.39, 0.29) is 11.4 Å². The third-order valence-corrected chi connectivity index (χ3v) is 25.6. The summed E-state index contributed by atoms with van der Waals surface area (Å²) in [6, 6.07) is 18.9. The maximum Gasteiger partial charge on any atom is 0 e. The van der Waals surface area contributed by atoms with E-state index in [1.54, 1.807) is 88.2 Å². The average Bonchev–Trinajstić information content (AvgIpc) is 3.03. The van der Waals surface area contributed by atoms with Crippen LogP contribution in [0.1, 0.15) is 383 Å². The summed E-state index contributed by atoms with van der Waals surface area (Å²) >= 11 is 0. The molecule has 8 saturated carbocycles. The van der Waals surface area contributed by atoms with Crippen LogP contribution in [-0.4, -0.2) is 0 Å². The lowest BCUT2D eigenvalue weighted by Crippen LogP contribution is -2.25. The van der Waals surface area contributed by atoms with E-state index in [0.717, 1.165) is 94.7 Å². The van der Waals surface area contributed by atoms with Gasteiger partial charge in [0.05, 0.1) is 0 Å². The molecule has 8 fully saturated rings. The van der Waals surface area contributed by atoms with Crippen molar-refractivity contribution < 1.29 is 11.4 Å². The van der Waals surface area contributed by atoms with Crippen molar-refractivity contribution in [3.05, 3.63) is 70.8 Å². The van der Waals surface area contributed by atoms with E-state index in [0.29, 0.717) is 0 Å². The van der Waals surface area contributed by atoms with E-state index in [2.05, 4.69) is 104 Å². The molecule has 484 valence electrons. The van der Waals surface area contributed by atoms with Crippen molar-refractivity contribution in [3.8, 4) is 0 Å². The van der Waals surface area contributed by atoms with Gasteiger partial charge in [-0.15, -0.1) is 0 Å². The third-order valence-electron chi connectivity index (χ3n) is 25.6. The van der Waals surface area contributed by atoms with E-state index in [1.807, 2.05) is 0 Å². The van der Waals surface area contributed by atoms with E-state index < -0.39 is 0 Å². The van der Waals surface area contributed by atoms with Crippen LogP contribution < -0.4 is 0 Å². The minimum absolute atomic E-state index is 0. The molecule has 0 heteroatoms. The quantitative estimate of drug-likeness (QED) is 0.116. The van der Waals surface area contributed by atoms with Gasteiger partial charge in [-0.1, -0.05) is 263 Å². The fourth-order valence-electron chi connectivity index (χ4n) is 19.8. The standard InChI is InChI=1S/C24H38.C22H34.C19H36.C17H32.8H2/c1-3-5-19-7-11-21(12-8-19)23-15-17-24(18-16-23)22-13-9-20(6-4-2)10-14-22;1-3-4-18-7-11-20(12-8-18)22-15-13-21(14-16-22)19-9-5-17(2)6-10-19;1-3-5-6-7-17-10-14-19(15-11-17)18-12-8-16(4-2)9-13-18;1-3-5-15-8-12-17(13-9-15)16-10-6-14(4-2)7-11-16;;;;;;;;/h7-8,11-12,20,22-24H,3-6,9-10,13-18H2,1-2H3;5-6,9-10,18,20-22H,3-4,7-8,11-16H2,1-2H3;16-19H,3-15H2,1-2H3;14-17H,3-13H2,1-2H3;8*1H. The first-order valence-corrected chi connectivity index (χ1v) is 38.4. The minimum Gasteiger partial charge on any atom is -0.0654 e. The Morgan fingerprint density at radius 3 is 0.805 bits per heavy atom. The van der Waals surface area contributed by atoms with Gasteiger partial charge in [0.2, 0.25) is 0 Å². The van der Waals surface area contributed by atoms with Crippen molar-refractivity contribution >= 4 is 0 Å². The molecule has 2 aromatic rings. The lowest BCUT2D eigenvalue weighted by molar-refractivity contribution is 0.142. The van der Waals surface area contributed by atoms with Gasteiger partial charge in [0, 0.05) is 11.4 Å². The summed E-state index contributed by atoms with van der Waals surface area (Å²) in [5, 5.41) is 0. The van der Waals surface area contributed by atoms with Gasteiger partial charge in [-0.3, -0.25) is 0 Å². The normalized spacial score (nSPS) is 34.4. The first-order chi connectivity index (χ1) is 40.2. The summed E-state index contributed by atoms with van der Waals surface area (Å²) < 4.78 is 0. The van der Waals surface area contributed by atoms with Crippen molar-refractivity contribution in [2.24, 2.45) is 82.9 Å². The van der Waals surface area contributed by atoms with Crippen molar-refractivity contribution in [2.45, 2.75) is 363 Å². The zero-order valence-corrected chi connectivity index (χ0v) is 56.4. The van der Waals surface area contributed by atoms with Crippen LogP contribution in [0.5, 0.6) is 0 Å². The highest BCUT2D eigenvalue weighted by atomic mass is 14.4. The Hall–Kier alpha value is -1.56. The Bertz CT molecular complexity index is 1860. The SMILES string of the molecule is CCCC1CCC(C2CCC(CC)CC2)CC1.CCCC1CCC(C2CCC(c3ccc(C)cc3)CC2)CC1.CCCCCC1CCC(C2CCC(CC)CC2)CC1.CCCc1ccc(C2CCC(C3CCC(CCC)CC3)CC2)cc1.[HH].[HH].[HH].[HH].[HH].[HH].[HH].[HH]. The molecule has 0 radical (unpaired) electrons. The second-order valence-corrected chi connectivity index (χ2v) is 31.0.